The topological polar surface area (TPSA) is 61.2 Å². The molecule has 1 N–H and O–H groups in total. The minimum absolute atomic E-state index is 0.206. The molecule has 1 aliphatic heterocycles. The highest BCUT2D eigenvalue weighted by atomic mass is 16.5. The van der Waals surface area contributed by atoms with Gasteiger partial charge in [-0.15, -0.1) is 0 Å². The molecule has 1 aromatic rings. The molecule has 1 aromatic heterocycles. The largest absolute Gasteiger partial charge is 0.382 e. The van der Waals surface area contributed by atoms with E-state index in [2.05, 4.69) is 22.1 Å². The predicted octanol–water partition coefficient (Wildman–Crippen LogP) is 1.09. The highest BCUT2D eigenvalue weighted by Crippen LogP contribution is 2.10. The van der Waals surface area contributed by atoms with Crippen molar-refractivity contribution in [2.45, 2.75) is 13.0 Å². The molecule has 1 unspecified atom stereocenters. The summed E-state index contributed by atoms with van der Waals surface area (Å²) in [6.07, 6.45) is 1.85. The van der Waals surface area contributed by atoms with Crippen molar-refractivity contribution in [1.82, 2.24) is 9.88 Å². The molecule has 1 saturated heterocycles. The lowest BCUT2D eigenvalue weighted by molar-refractivity contribution is -0.0191. The third kappa shape index (κ3) is 3.42. The SMILES string of the molecule is CCN1CCOC(CNc2ccnc(C#N)c2)C1. The molecule has 0 aliphatic carbocycles. The average molecular weight is 246 g/mol. The molecule has 0 amide bonds. The smallest absolute Gasteiger partial charge is 0.142 e. The second-order valence-corrected chi connectivity index (χ2v) is 4.31. The van der Waals surface area contributed by atoms with E-state index in [9.17, 15) is 0 Å². The minimum Gasteiger partial charge on any atom is -0.382 e. The minimum atomic E-state index is 0.206. The molecule has 0 radical (unpaired) electrons. The molecule has 1 aliphatic rings. The van der Waals surface area contributed by atoms with Gasteiger partial charge in [-0.25, -0.2) is 4.98 Å². The van der Waals surface area contributed by atoms with Crippen LogP contribution in [0, 0.1) is 11.3 Å². The van der Waals surface area contributed by atoms with Crippen LogP contribution < -0.4 is 5.32 Å². The molecule has 0 aromatic carbocycles. The van der Waals surface area contributed by atoms with Gasteiger partial charge in [-0.05, 0) is 18.7 Å². The van der Waals surface area contributed by atoms with Gasteiger partial charge in [-0.3, -0.25) is 4.90 Å². The average Bonchev–Trinajstić information content (AvgIpc) is 2.45. The van der Waals surface area contributed by atoms with Crippen molar-refractivity contribution in [3.05, 3.63) is 24.0 Å². The van der Waals surface area contributed by atoms with Crippen molar-refractivity contribution in [2.24, 2.45) is 0 Å². The van der Waals surface area contributed by atoms with Crippen LogP contribution in [-0.4, -0.2) is 48.8 Å². The Bertz CT molecular complexity index is 429. The highest BCUT2D eigenvalue weighted by molar-refractivity contribution is 5.45. The van der Waals surface area contributed by atoms with E-state index < -0.39 is 0 Å². The van der Waals surface area contributed by atoms with E-state index in [1.165, 1.54) is 0 Å². The number of aromatic nitrogens is 1. The van der Waals surface area contributed by atoms with Crippen molar-refractivity contribution in [3.63, 3.8) is 0 Å². The molecule has 5 heteroatoms. The number of rotatable bonds is 4. The molecule has 0 saturated carbocycles. The van der Waals surface area contributed by atoms with Gasteiger partial charge < -0.3 is 10.1 Å². The first-order valence-electron chi connectivity index (χ1n) is 6.25. The summed E-state index contributed by atoms with van der Waals surface area (Å²) in [5.74, 6) is 0. The van der Waals surface area contributed by atoms with Crippen molar-refractivity contribution < 1.29 is 4.74 Å². The van der Waals surface area contributed by atoms with Gasteiger partial charge in [0, 0.05) is 31.5 Å². The number of likely N-dealkylation sites (N-methyl/N-ethyl adjacent to an activating group) is 1. The quantitative estimate of drug-likeness (QED) is 0.861. The Labute approximate surface area is 107 Å². The second-order valence-electron chi connectivity index (χ2n) is 4.31. The van der Waals surface area contributed by atoms with Crippen molar-refractivity contribution in [3.8, 4) is 6.07 Å². The molecule has 0 spiro atoms. The Morgan fingerprint density at radius 2 is 2.56 bits per heavy atom. The molecule has 5 nitrogen and oxygen atoms in total. The Morgan fingerprint density at radius 1 is 1.67 bits per heavy atom. The molecular weight excluding hydrogens is 228 g/mol. The van der Waals surface area contributed by atoms with Crippen LogP contribution in [-0.2, 0) is 4.74 Å². The molecule has 0 bridgehead atoms. The van der Waals surface area contributed by atoms with E-state index in [4.69, 9.17) is 10.00 Å². The first-order chi connectivity index (χ1) is 8.81. The summed E-state index contributed by atoms with van der Waals surface area (Å²) in [5, 5.41) is 12.1. The van der Waals surface area contributed by atoms with Gasteiger partial charge in [-0.1, -0.05) is 6.92 Å². The third-order valence-corrected chi connectivity index (χ3v) is 3.08. The van der Waals surface area contributed by atoms with Gasteiger partial charge >= 0.3 is 0 Å². The molecular formula is C13H18N4O. The second kappa shape index (κ2) is 6.34. The third-order valence-electron chi connectivity index (χ3n) is 3.08. The molecule has 2 rings (SSSR count). The van der Waals surface area contributed by atoms with E-state index in [1.54, 1.807) is 12.3 Å². The van der Waals surface area contributed by atoms with Gasteiger partial charge in [0.15, 0.2) is 0 Å². The standard InChI is InChI=1S/C13H18N4O/c1-2-17-5-6-18-13(10-17)9-16-11-3-4-15-12(7-11)8-14/h3-4,7,13H,2,5-6,9-10H2,1H3,(H,15,16). The monoisotopic (exact) mass is 246 g/mol. The lowest BCUT2D eigenvalue weighted by atomic mass is 10.2. The number of pyridine rings is 1. The number of nitrogens with zero attached hydrogens (tertiary/aromatic N) is 3. The molecule has 96 valence electrons. The van der Waals surface area contributed by atoms with Crippen LogP contribution in [0.2, 0.25) is 0 Å². The maximum absolute atomic E-state index is 8.77. The number of anilines is 1. The fraction of sp³-hybridized carbons (Fsp3) is 0.538. The van der Waals surface area contributed by atoms with Crippen molar-refractivity contribution in [1.29, 1.82) is 5.26 Å². The number of ether oxygens (including phenoxy) is 1. The first-order valence-corrected chi connectivity index (χ1v) is 6.25. The number of nitrogens with one attached hydrogen (secondary N) is 1. The summed E-state index contributed by atoms with van der Waals surface area (Å²) in [4.78, 5) is 6.32. The Morgan fingerprint density at radius 3 is 3.33 bits per heavy atom. The molecule has 2 heterocycles. The van der Waals surface area contributed by atoms with Gasteiger partial charge in [0.2, 0.25) is 0 Å². The molecule has 1 fully saturated rings. The summed E-state index contributed by atoms with van der Waals surface area (Å²) in [7, 11) is 0. The Hall–Kier alpha value is -1.64. The Balaban J connectivity index is 1.85. The lowest BCUT2D eigenvalue weighted by Crippen LogP contribution is -2.45. The maximum Gasteiger partial charge on any atom is 0.142 e. The van der Waals surface area contributed by atoms with Gasteiger partial charge in [0.1, 0.15) is 11.8 Å². The zero-order valence-corrected chi connectivity index (χ0v) is 10.6. The van der Waals surface area contributed by atoms with Crippen LogP contribution in [0.1, 0.15) is 12.6 Å². The first kappa shape index (κ1) is 12.8. The van der Waals surface area contributed by atoms with Crippen LogP contribution in [0.5, 0.6) is 0 Å². The zero-order chi connectivity index (χ0) is 12.8. The van der Waals surface area contributed by atoms with Crippen LogP contribution >= 0.6 is 0 Å². The van der Waals surface area contributed by atoms with Gasteiger partial charge in [0.25, 0.3) is 0 Å². The van der Waals surface area contributed by atoms with Crippen LogP contribution in [0.25, 0.3) is 0 Å². The lowest BCUT2D eigenvalue weighted by Gasteiger charge is -2.32. The van der Waals surface area contributed by atoms with E-state index in [0.717, 1.165) is 38.5 Å². The normalized spacial score (nSPS) is 20.3. The van der Waals surface area contributed by atoms with Crippen molar-refractivity contribution >= 4 is 5.69 Å². The predicted molar refractivity (Wildman–Crippen MR) is 69.3 cm³/mol. The van der Waals surface area contributed by atoms with Gasteiger partial charge in [-0.2, -0.15) is 5.26 Å². The molecule has 1 atom stereocenters. The summed E-state index contributed by atoms with van der Waals surface area (Å²) in [6.45, 7) is 6.75. The number of morpholine rings is 1. The summed E-state index contributed by atoms with van der Waals surface area (Å²) in [6, 6.07) is 5.64. The number of hydrogen-bond donors (Lipinski definition) is 1. The number of hydrogen-bond acceptors (Lipinski definition) is 5. The van der Waals surface area contributed by atoms with E-state index in [-0.39, 0.29) is 6.10 Å². The zero-order valence-electron chi connectivity index (χ0n) is 10.6. The summed E-state index contributed by atoms with van der Waals surface area (Å²) >= 11 is 0. The maximum atomic E-state index is 8.77. The highest BCUT2D eigenvalue weighted by Gasteiger charge is 2.18. The number of nitriles is 1. The van der Waals surface area contributed by atoms with Crippen LogP contribution in [0.15, 0.2) is 18.3 Å². The Kier molecular flexibility index (Phi) is 4.51. The fourth-order valence-corrected chi connectivity index (χ4v) is 2.02. The van der Waals surface area contributed by atoms with E-state index in [1.807, 2.05) is 12.1 Å². The van der Waals surface area contributed by atoms with Crippen molar-refractivity contribution in [2.75, 3.05) is 38.1 Å². The van der Waals surface area contributed by atoms with E-state index >= 15 is 0 Å². The molecule has 18 heavy (non-hydrogen) atoms. The summed E-state index contributed by atoms with van der Waals surface area (Å²) < 4.78 is 5.70. The van der Waals surface area contributed by atoms with Crippen LogP contribution in [0.3, 0.4) is 0 Å². The van der Waals surface area contributed by atoms with Gasteiger partial charge in [0.05, 0.1) is 12.7 Å². The fourth-order valence-electron chi connectivity index (χ4n) is 2.02. The summed E-state index contributed by atoms with van der Waals surface area (Å²) in [5.41, 5.74) is 1.35. The van der Waals surface area contributed by atoms with Crippen LogP contribution in [0.4, 0.5) is 5.69 Å². The van der Waals surface area contributed by atoms with E-state index in [0.29, 0.717) is 5.69 Å².